The third-order valence-corrected chi connectivity index (χ3v) is 1.74. The Morgan fingerprint density at radius 1 is 1.44 bits per heavy atom. The number of aliphatic hydroxyl groups is 1. The van der Waals surface area contributed by atoms with Crippen LogP contribution >= 0.6 is 0 Å². The molecule has 0 fully saturated rings. The molecule has 1 heterocycles. The van der Waals surface area contributed by atoms with Gasteiger partial charge in [0, 0.05) is 18.2 Å². The summed E-state index contributed by atoms with van der Waals surface area (Å²) in [6, 6.07) is 0.835. The van der Waals surface area contributed by atoms with Gasteiger partial charge in [-0.15, -0.1) is 13.2 Å². The molecule has 1 aromatic rings. The van der Waals surface area contributed by atoms with Crippen molar-refractivity contribution in [2.75, 3.05) is 0 Å². The van der Waals surface area contributed by atoms with Gasteiger partial charge in [-0.05, 0) is 5.56 Å². The second-order valence-electron chi connectivity index (χ2n) is 2.80. The van der Waals surface area contributed by atoms with Crippen LogP contribution in [0.25, 0.3) is 0 Å². The first kappa shape index (κ1) is 12.7. The minimum Gasteiger partial charge on any atom is -0.391 e. The van der Waals surface area contributed by atoms with Gasteiger partial charge >= 0.3 is 6.36 Å². The summed E-state index contributed by atoms with van der Waals surface area (Å²) in [7, 11) is 0. The maximum absolute atomic E-state index is 13.1. The molecule has 0 unspecified atom stereocenters. The zero-order valence-corrected chi connectivity index (χ0v) is 7.88. The van der Waals surface area contributed by atoms with Crippen LogP contribution in [-0.2, 0) is 13.2 Å². The standard InChI is InChI=1S/C8H8F4N2O2/c9-7-5(3-15)4(2-13)1-6(14-7)16-8(10,11)12/h1,15H,2-3,13H2. The predicted octanol–water partition coefficient (Wildman–Crippen LogP) is 1.07. The number of halogens is 4. The molecule has 0 radical (unpaired) electrons. The lowest BCUT2D eigenvalue weighted by atomic mass is 10.1. The molecular formula is C8H8F4N2O2. The first-order valence-electron chi connectivity index (χ1n) is 4.12. The Morgan fingerprint density at radius 2 is 2.06 bits per heavy atom. The monoisotopic (exact) mass is 240 g/mol. The van der Waals surface area contributed by atoms with Crippen LogP contribution in [0, 0.1) is 5.95 Å². The van der Waals surface area contributed by atoms with Crippen LogP contribution in [0.1, 0.15) is 11.1 Å². The number of nitrogens with zero attached hydrogens (tertiary/aromatic N) is 1. The molecular weight excluding hydrogens is 232 g/mol. The number of aromatic nitrogens is 1. The molecule has 16 heavy (non-hydrogen) atoms. The van der Waals surface area contributed by atoms with Crippen LogP contribution in [0.5, 0.6) is 5.88 Å². The molecule has 0 saturated heterocycles. The van der Waals surface area contributed by atoms with Gasteiger partial charge in [0.25, 0.3) is 0 Å². The molecule has 3 N–H and O–H groups in total. The highest BCUT2D eigenvalue weighted by molar-refractivity contribution is 5.30. The lowest BCUT2D eigenvalue weighted by Gasteiger charge is -2.11. The van der Waals surface area contributed by atoms with E-state index in [-0.39, 0.29) is 17.7 Å². The molecule has 1 rings (SSSR count). The molecule has 0 aliphatic heterocycles. The fourth-order valence-corrected chi connectivity index (χ4v) is 1.08. The van der Waals surface area contributed by atoms with Crippen molar-refractivity contribution in [3.05, 3.63) is 23.1 Å². The van der Waals surface area contributed by atoms with Crippen LogP contribution in [0.2, 0.25) is 0 Å². The van der Waals surface area contributed by atoms with Crippen molar-refractivity contribution in [3.63, 3.8) is 0 Å². The highest BCUT2D eigenvalue weighted by atomic mass is 19.4. The summed E-state index contributed by atoms with van der Waals surface area (Å²) in [5.41, 5.74) is 4.96. The second-order valence-corrected chi connectivity index (χ2v) is 2.80. The summed E-state index contributed by atoms with van der Waals surface area (Å²) >= 11 is 0. The van der Waals surface area contributed by atoms with Gasteiger partial charge < -0.3 is 15.6 Å². The number of aliphatic hydroxyl groups excluding tert-OH is 1. The van der Waals surface area contributed by atoms with E-state index in [4.69, 9.17) is 10.8 Å². The highest BCUT2D eigenvalue weighted by Gasteiger charge is 2.32. The van der Waals surface area contributed by atoms with E-state index in [2.05, 4.69) is 9.72 Å². The maximum atomic E-state index is 13.1. The SMILES string of the molecule is NCc1cc(OC(F)(F)F)nc(F)c1CO. The average Bonchev–Trinajstić information content (AvgIpc) is 2.14. The molecule has 0 aromatic carbocycles. The van der Waals surface area contributed by atoms with Crippen molar-refractivity contribution in [3.8, 4) is 5.88 Å². The zero-order valence-electron chi connectivity index (χ0n) is 7.88. The largest absolute Gasteiger partial charge is 0.574 e. The van der Waals surface area contributed by atoms with Crippen molar-refractivity contribution >= 4 is 0 Å². The third-order valence-electron chi connectivity index (χ3n) is 1.74. The Bertz CT molecular complexity index is 381. The summed E-state index contributed by atoms with van der Waals surface area (Å²) in [4.78, 5) is 2.91. The summed E-state index contributed by atoms with van der Waals surface area (Å²) in [5.74, 6) is -2.17. The summed E-state index contributed by atoms with van der Waals surface area (Å²) in [6.45, 7) is -0.929. The average molecular weight is 240 g/mol. The minimum atomic E-state index is -4.95. The van der Waals surface area contributed by atoms with Gasteiger partial charge in [-0.3, -0.25) is 0 Å². The molecule has 0 amide bonds. The first-order chi connectivity index (χ1) is 7.37. The van der Waals surface area contributed by atoms with Gasteiger partial charge in [-0.2, -0.15) is 9.37 Å². The molecule has 0 atom stereocenters. The summed E-state index contributed by atoms with van der Waals surface area (Å²) in [5, 5.41) is 8.76. The van der Waals surface area contributed by atoms with E-state index in [1.54, 1.807) is 0 Å². The number of rotatable bonds is 3. The topological polar surface area (TPSA) is 68.4 Å². The van der Waals surface area contributed by atoms with E-state index >= 15 is 0 Å². The van der Waals surface area contributed by atoms with Crippen LogP contribution in [0.15, 0.2) is 6.07 Å². The van der Waals surface area contributed by atoms with Crippen molar-refractivity contribution in [1.29, 1.82) is 0 Å². The van der Waals surface area contributed by atoms with E-state index in [0.717, 1.165) is 6.07 Å². The van der Waals surface area contributed by atoms with Gasteiger partial charge in [0.2, 0.25) is 11.8 Å². The first-order valence-corrected chi connectivity index (χ1v) is 4.12. The fourth-order valence-electron chi connectivity index (χ4n) is 1.08. The minimum absolute atomic E-state index is 0.00856. The van der Waals surface area contributed by atoms with Gasteiger partial charge in [0.15, 0.2) is 0 Å². The Balaban J connectivity index is 3.10. The van der Waals surface area contributed by atoms with Crippen molar-refractivity contribution in [2.45, 2.75) is 19.5 Å². The zero-order chi connectivity index (χ0) is 12.3. The number of nitrogens with two attached hydrogens (primary N) is 1. The third kappa shape index (κ3) is 3.04. The van der Waals surface area contributed by atoms with Gasteiger partial charge in [0.05, 0.1) is 6.61 Å². The van der Waals surface area contributed by atoms with Crippen molar-refractivity contribution in [2.24, 2.45) is 5.73 Å². The Labute approximate surface area is 87.7 Å². The molecule has 90 valence electrons. The number of hydrogen-bond donors (Lipinski definition) is 2. The van der Waals surface area contributed by atoms with E-state index in [9.17, 15) is 17.6 Å². The van der Waals surface area contributed by atoms with E-state index < -0.39 is 24.8 Å². The molecule has 0 aliphatic carbocycles. The maximum Gasteiger partial charge on any atom is 0.574 e. The molecule has 0 saturated carbocycles. The summed E-state index contributed by atoms with van der Waals surface area (Å²) in [6.07, 6.45) is -4.95. The Morgan fingerprint density at radius 3 is 2.50 bits per heavy atom. The normalized spacial score (nSPS) is 11.6. The lowest BCUT2D eigenvalue weighted by molar-refractivity contribution is -0.276. The predicted molar refractivity (Wildman–Crippen MR) is 44.7 cm³/mol. The van der Waals surface area contributed by atoms with E-state index in [1.165, 1.54) is 0 Å². The smallest absolute Gasteiger partial charge is 0.391 e. The van der Waals surface area contributed by atoms with E-state index in [1.807, 2.05) is 0 Å². The van der Waals surface area contributed by atoms with Gasteiger partial charge in [-0.1, -0.05) is 0 Å². The van der Waals surface area contributed by atoms with Gasteiger partial charge in [0.1, 0.15) is 0 Å². The lowest BCUT2D eigenvalue weighted by Crippen LogP contribution is -2.19. The number of hydrogen-bond acceptors (Lipinski definition) is 4. The molecule has 8 heteroatoms. The molecule has 0 bridgehead atoms. The molecule has 1 aromatic heterocycles. The Kier molecular flexibility index (Phi) is 3.66. The molecule has 0 aliphatic rings. The Hall–Kier alpha value is -1.41. The van der Waals surface area contributed by atoms with Crippen LogP contribution < -0.4 is 10.5 Å². The van der Waals surface area contributed by atoms with Crippen LogP contribution in [-0.4, -0.2) is 16.5 Å². The number of pyridine rings is 1. The summed E-state index contributed by atoms with van der Waals surface area (Å²) < 4.78 is 52.0. The molecule has 0 spiro atoms. The number of ether oxygens (including phenoxy) is 1. The van der Waals surface area contributed by atoms with Crippen molar-refractivity contribution < 1.29 is 27.4 Å². The van der Waals surface area contributed by atoms with Crippen LogP contribution in [0.4, 0.5) is 17.6 Å². The fraction of sp³-hybridized carbons (Fsp3) is 0.375. The van der Waals surface area contributed by atoms with Crippen LogP contribution in [0.3, 0.4) is 0 Å². The number of alkyl halides is 3. The van der Waals surface area contributed by atoms with Gasteiger partial charge in [-0.25, -0.2) is 0 Å². The highest BCUT2D eigenvalue weighted by Crippen LogP contribution is 2.24. The van der Waals surface area contributed by atoms with E-state index in [0.29, 0.717) is 0 Å². The second kappa shape index (κ2) is 4.62. The quantitative estimate of drug-likeness (QED) is 0.612. The van der Waals surface area contributed by atoms with Crippen molar-refractivity contribution in [1.82, 2.24) is 4.98 Å². The molecule has 4 nitrogen and oxygen atoms in total.